The molecule has 1 unspecified atom stereocenters. The number of aliphatic hydroxyl groups is 1. The van der Waals surface area contributed by atoms with Crippen molar-refractivity contribution in [1.29, 1.82) is 0 Å². The van der Waals surface area contributed by atoms with E-state index in [1.807, 2.05) is 35.2 Å². The van der Waals surface area contributed by atoms with Gasteiger partial charge in [0.15, 0.2) is 0 Å². The lowest BCUT2D eigenvalue weighted by molar-refractivity contribution is -0.118. The summed E-state index contributed by atoms with van der Waals surface area (Å²) in [7, 11) is 0. The Morgan fingerprint density at radius 3 is 2.56 bits per heavy atom. The Labute approximate surface area is 191 Å². The van der Waals surface area contributed by atoms with E-state index in [-0.39, 0.29) is 24.4 Å². The molecule has 2 amide bonds. The average molecular weight is 453 g/mol. The van der Waals surface area contributed by atoms with E-state index >= 15 is 0 Å². The van der Waals surface area contributed by atoms with E-state index < -0.39 is 6.10 Å². The molecule has 0 aromatic heterocycles. The highest BCUT2D eigenvalue weighted by Gasteiger charge is 2.35. The number of amides is 2. The van der Waals surface area contributed by atoms with Crippen LogP contribution in [0.3, 0.4) is 0 Å². The number of aliphatic imine (C=N–C) groups is 1. The summed E-state index contributed by atoms with van der Waals surface area (Å²) < 4.78 is 0. The normalized spacial score (nSPS) is 20.3. The van der Waals surface area contributed by atoms with Gasteiger partial charge in [0.25, 0.3) is 0 Å². The van der Waals surface area contributed by atoms with Gasteiger partial charge in [0.1, 0.15) is 12.4 Å². The first-order chi connectivity index (χ1) is 15.5. The van der Waals surface area contributed by atoms with Crippen molar-refractivity contribution in [3.05, 3.63) is 64.2 Å². The third-order valence-corrected chi connectivity index (χ3v) is 6.72. The number of nitrogens with one attached hydrogen (secondary N) is 1. The standard InChI is InChI=1S/C24H25ClN4O3/c25-18-4-1-15(2-5-18)21(30)14-28-9-7-19(8-10-28)29-20-6-3-16(11-17(20)12-23(29)32)24-26-13-22(31)27-24/h1-6,11,19,21,30H,7-10,12-14H2,(H,26,27,31). The van der Waals surface area contributed by atoms with Crippen LogP contribution in [0.2, 0.25) is 5.02 Å². The number of halogens is 1. The Bertz CT molecular complexity index is 1080. The van der Waals surface area contributed by atoms with Gasteiger partial charge >= 0.3 is 0 Å². The van der Waals surface area contributed by atoms with Gasteiger partial charge in [-0.1, -0.05) is 23.7 Å². The molecule has 0 spiro atoms. The Morgan fingerprint density at radius 2 is 1.88 bits per heavy atom. The zero-order valence-corrected chi connectivity index (χ0v) is 18.4. The second kappa shape index (κ2) is 8.65. The maximum atomic E-state index is 12.8. The second-order valence-corrected chi connectivity index (χ2v) is 9.03. The van der Waals surface area contributed by atoms with Gasteiger partial charge in [-0.2, -0.15) is 0 Å². The summed E-state index contributed by atoms with van der Waals surface area (Å²) in [6, 6.07) is 13.3. The number of carbonyl (C=O) groups is 2. The number of amidine groups is 1. The lowest BCUT2D eigenvalue weighted by atomic mass is 10.0. The van der Waals surface area contributed by atoms with E-state index in [1.54, 1.807) is 12.1 Å². The number of likely N-dealkylation sites (tertiary alicyclic amines) is 1. The third-order valence-electron chi connectivity index (χ3n) is 6.47. The number of β-amino-alcohol motifs (C(OH)–C–C–N with tert-alkyl or cyclic N) is 1. The number of rotatable bonds is 5. The van der Waals surface area contributed by atoms with Crippen molar-refractivity contribution in [2.45, 2.75) is 31.4 Å². The van der Waals surface area contributed by atoms with Crippen LogP contribution in [0.15, 0.2) is 47.5 Å². The molecule has 3 aliphatic rings. The number of fused-ring (bicyclic) bond motifs is 1. The SMILES string of the molecule is O=C1CN=C(c2ccc3c(c2)CC(=O)N3C2CCN(CC(O)c3ccc(Cl)cc3)CC2)N1. The predicted octanol–water partition coefficient (Wildman–Crippen LogP) is 2.30. The zero-order chi connectivity index (χ0) is 22.2. The van der Waals surface area contributed by atoms with Crippen LogP contribution >= 0.6 is 11.6 Å². The fourth-order valence-corrected chi connectivity index (χ4v) is 4.94. The zero-order valence-electron chi connectivity index (χ0n) is 17.6. The summed E-state index contributed by atoms with van der Waals surface area (Å²) in [5.41, 5.74) is 3.65. The molecular formula is C24H25ClN4O3. The number of nitrogens with zero attached hydrogens (tertiary/aromatic N) is 3. The molecule has 32 heavy (non-hydrogen) atoms. The number of aliphatic hydroxyl groups excluding tert-OH is 1. The predicted molar refractivity (Wildman–Crippen MR) is 123 cm³/mol. The van der Waals surface area contributed by atoms with Crippen molar-refractivity contribution in [2.75, 3.05) is 31.1 Å². The summed E-state index contributed by atoms with van der Waals surface area (Å²) in [6.07, 6.45) is 1.54. The van der Waals surface area contributed by atoms with Crippen molar-refractivity contribution >= 4 is 34.9 Å². The summed E-state index contributed by atoms with van der Waals surface area (Å²) >= 11 is 5.93. The van der Waals surface area contributed by atoms with Gasteiger partial charge in [-0.3, -0.25) is 14.6 Å². The van der Waals surface area contributed by atoms with Gasteiger partial charge in [-0.05, 0) is 54.3 Å². The Morgan fingerprint density at radius 1 is 1.12 bits per heavy atom. The first-order valence-corrected chi connectivity index (χ1v) is 11.3. The quantitative estimate of drug-likeness (QED) is 0.729. The van der Waals surface area contributed by atoms with Gasteiger partial charge in [0.05, 0.1) is 12.5 Å². The van der Waals surface area contributed by atoms with Gasteiger partial charge in [-0.25, -0.2) is 0 Å². The fraction of sp³-hybridized carbons (Fsp3) is 0.375. The largest absolute Gasteiger partial charge is 0.387 e. The molecule has 0 bridgehead atoms. The summed E-state index contributed by atoms with van der Waals surface area (Å²) in [5, 5.41) is 14.0. The van der Waals surface area contributed by atoms with Crippen molar-refractivity contribution < 1.29 is 14.7 Å². The topological polar surface area (TPSA) is 85.2 Å². The first-order valence-electron chi connectivity index (χ1n) is 10.9. The number of benzene rings is 2. The van der Waals surface area contributed by atoms with E-state index in [0.717, 1.165) is 48.3 Å². The van der Waals surface area contributed by atoms with E-state index in [4.69, 9.17) is 11.6 Å². The van der Waals surface area contributed by atoms with Crippen LogP contribution in [-0.2, 0) is 16.0 Å². The van der Waals surface area contributed by atoms with E-state index in [0.29, 0.717) is 23.8 Å². The number of anilines is 1. The molecule has 2 aromatic rings. The number of hydrogen-bond donors (Lipinski definition) is 2. The molecule has 1 fully saturated rings. The van der Waals surface area contributed by atoms with E-state index in [1.165, 1.54) is 0 Å². The van der Waals surface area contributed by atoms with Gasteiger partial charge < -0.3 is 20.2 Å². The van der Waals surface area contributed by atoms with Crippen molar-refractivity contribution in [3.8, 4) is 0 Å². The van der Waals surface area contributed by atoms with Gasteiger partial charge in [0, 0.05) is 41.9 Å². The van der Waals surface area contributed by atoms with Crippen molar-refractivity contribution in [1.82, 2.24) is 10.2 Å². The minimum Gasteiger partial charge on any atom is -0.387 e. The molecule has 1 atom stereocenters. The summed E-state index contributed by atoms with van der Waals surface area (Å²) in [4.78, 5) is 32.7. The van der Waals surface area contributed by atoms with Crippen LogP contribution in [0.25, 0.3) is 0 Å². The molecular weight excluding hydrogens is 428 g/mol. The van der Waals surface area contributed by atoms with Crippen LogP contribution in [0.4, 0.5) is 5.69 Å². The monoisotopic (exact) mass is 452 g/mol. The molecule has 0 radical (unpaired) electrons. The highest BCUT2D eigenvalue weighted by atomic mass is 35.5. The minimum atomic E-state index is -0.560. The molecule has 3 aliphatic heterocycles. The Hall–Kier alpha value is -2.74. The van der Waals surface area contributed by atoms with Gasteiger partial charge in [0.2, 0.25) is 11.8 Å². The molecule has 5 rings (SSSR count). The smallest absolute Gasteiger partial charge is 0.247 e. The molecule has 0 saturated carbocycles. The fourth-order valence-electron chi connectivity index (χ4n) is 4.81. The summed E-state index contributed by atoms with van der Waals surface area (Å²) in [5.74, 6) is 0.594. The van der Waals surface area contributed by atoms with Crippen LogP contribution in [0.5, 0.6) is 0 Å². The molecule has 1 saturated heterocycles. The van der Waals surface area contributed by atoms with Crippen molar-refractivity contribution in [2.24, 2.45) is 4.99 Å². The molecule has 2 aromatic carbocycles. The number of piperidine rings is 1. The number of carbonyl (C=O) groups excluding carboxylic acids is 2. The van der Waals surface area contributed by atoms with E-state index in [2.05, 4.69) is 15.2 Å². The molecule has 166 valence electrons. The summed E-state index contributed by atoms with van der Waals surface area (Å²) in [6.45, 7) is 2.38. The Balaban J connectivity index is 1.22. The van der Waals surface area contributed by atoms with Gasteiger partial charge in [-0.15, -0.1) is 0 Å². The first kappa shape index (κ1) is 21.1. The molecule has 7 nitrogen and oxygen atoms in total. The molecule has 8 heteroatoms. The Kier molecular flexibility index (Phi) is 5.71. The third kappa shape index (κ3) is 4.16. The number of hydrogen-bond acceptors (Lipinski definition) is 5. The minimum absolute atomic E-state index is 0.105. The average Bonchev–Trinajstić information content (AvgIpc) is 3.36. The second-order valence-electron chi connectivity index (χ2n) is 8.60. The van der Waals surface area contributed by atoms with Crippen LogP contribution < -0.4 is 10.2 Å². The lowest BCUT2D eigenvalue weighted by Gasteiger charge is -2.37. The highest BCUT2D eigenvalue weighted by Crippen LogP contribution is 2.34. The van der Waals surface area contributed by atoms with Crippen LogP contribution in [0, 0.1) is 0 Å². The highest BCUT2D eigenvalue weighted by molar-refractivity contribution is 6.30. The molecule has 0 aliphatic carbocycles. The maximum Gasteiger partial charge on any atom is 0.247 e. The van der Waals surface area contributed by atoms with Crippen LogP contribution in [-0.4, -0.2) is 59.9 Å². The van der Waals surface area contributed by atoms with Crippen molar-refractivity contribution in [3.63, 3.8) is 0 Å². The van der Waals surface area contributed by atoms with Crippen LogP contribution in [0.1, 0.15) is 35.6 Å². The lowest BCUT2D eigenvalue weighted by Crippen LogP contribution is -2.47. The maximum absolute atomic E-state index is 12.8. The molecule has 2 N–H and O–H groups in total. The van der Waals surface area contributed by atoms with E-state index in [9.17, 15) is 14.7 Å². The molecule has 3 heterocycles.